The molecular formula is C9H11N3O6. The number of aliphatic hydroxyl groups excluding tert-OH is 1. The van der Waals surface area contributed by atoms with E-state index >= 15 is 0 Å². The van der Waals surface area contributed by atoms with Crippen LogP contribution >= 0.6 is 0 Å². The fourth-order valence-electron chi connectivity index (χ4n) is 1.19. The summed E-state index contributed by atoms with van der Waals surface area (Å²) in [5.41, 5.74) is -2.20. The van der Waals surface area contributed by atoms with Crippen LogP contribution in [0.4, 0.5) is 0 Å². The third-order valence-corrected chi connectivity index (χ3v) is 2.10. The lowest BCUT2D eigenvalue weighted by Gasteiger charge is -2.16. The van der Waals surface area contributed by atoms with Crippen LogP contribution in [0.3, 0.4) is 0 Å². The van der Waals surface area contributed by atoms with E-state index in [9.17, 15) is 19.2 Å². The monoisotopic (exact) mass is 257 g/mol. The molecule has 1 heterocycles. The highest BCUT2D eigenvalue weighted by molar-refractivity contribution is 5.96. The Balaban J connectivity index is 2.98. The second-order valence-corrected chi connectivity index (χ2v) is 3.52. The second-order valence-electron chi connectivity index (χ2n) is 3.52. The number of amides is 1. The molecule has 0 radical (unpaired) electrons. The number of carbonyl (C=O) groups excluding carboxylic acids is 1. The van der Waals surface area contributed by atoms with Crippen LogP contribution in [0.1, 0.15) is 17.3 Å². The zero-order valence-corrected chi connectivity index (χ0v) is 9.26. The number of nitrogens with one attached hydrogen (secondary N) is 3. The molecule has 1 rings (SSSR count). The number of rotatable bonds is 4. The van der Waals surface area contributed by atoms with Crippen molar-refractivity contribution in [2.75, 3.05) is 0 Å². The van der Waals surface area contributed by atoms with E-state index in [4.69, 9.17) is 10.2 Å². The number of aromatic nitrogens is 2. The first-order chi connectivity index (χ1) is 8.32. The molecule has 0 aromatic carbocycles. The Labute approximate surface area is 99.5 Å². The standard InChI is InChI=1S/C9H11N3O6/c1-3(13)5(8(16)17)11-6(14)4-2-10-9(18)12-7(4)15/h2-3,5,13H,1H3,(H,11,14)(H,16,17)(H2,10,12,15,18)/t3-,5+/m1/s1. The molecule has 0 saturated heterocycles. The summed E-state index contributed by atoms with van der Waals surface area (Å²) in [6, 6.07) is -1.55. The molecule has 98 valence electrons. The van der Waals surface area contributed by atoms with Gasteiger partial charge in [-0.1, -0.05) is 0 Å². The number of carbonyl (C=O) groups is 2. The predicted octanol–water partition coefficient (Wildman–Crippen LogP) is -2.37. The second kappa shape index (κ2) is 5.27. The minimum Gasteiger partial charge on any atom is -0.480 e. The molecule has 1 amide bonds. The molecule has 2 atom stereocenters. The summed E-state index contributed by atoms with van der Waals surface area (Å²) in [4.78, 5) is 48.2. The van der Waals surface area contributed by atoms with Crippen molar-refractivity contribution in [1.29, 1.82) is 0 Å². The Morgan fingerprint density at radius 2 is 2.00 bits per heavy atom. The van der Waals surface area contributed by atoms with Crippen molar-refractivity contribution in [3.05, 3.63) is 32.6 Å². The highest BCUT2D eigenvalue weighted by Gasteiger charge is 2.26. The normalized spacial score (nSPS) is 13.7. The van der Waals surface area contributed by atoms with Gasteiger partial charge in [0.05, 0.1) is 6.10 Å². The molecule has 9 heteroatoms. The van der Waals surface area contributed by atoms with Gasteiger partial charge in [-0.15, -0.1) is 0 Å². The Morgan fingerprint density at radius 3 is 2.44 bits per heavy atom. The van der Waals surface area contributed by atoms with Gasteiger partial charge in [0.15, 0.2) is 6.04 Å². The van der Waals surface area contributed by atoms with Crippen LogP contribution < -0.4 is 16.6 Å². The van der Waals surface area contributed by atoms with E-state index in [0.29, 0.717) is 0 Å². The van der Waals surface area contributed by atoms with Crippen molar-refractivity contribution < 1.29 is 19.8 Å². The summed E-state index contributed by atoms with van der Waals surface area (Å²) in [5.74, 6) is -2.46. The number of H-pyrrole nitrogens is 2. The number of aliphatic carboxylic acids is 1. The highest BCUT2D eigenvalue weighted by Crippen LogP contribution is 1.95. The molecule has 1 aromatic rings. The van der Waals surface area contributed by atoms with E-state index < -0.39 is 40.8 Å². The zero-order chi connectivity index (χ0) is 13.9. The van der Waals surface area contributed by atoms with Crippen LogP contribution in [0.2, 0.25) is 0 Å². The van der Waals surface area contributed by atoms with Gasteiger partial charge in [0.2, 0.25) is 0 Å². The Bertz CT molecular complexity index is 572. The molecule has 0 bridgehead atoms. The van der Waals surface area contributed by atoms with E-state index in [1.165, 1.54) is 6.92 Å². The molecule has 18 heavy (non-hydrogen) atoms. The molecule has 0 unspecified atom stereocenters. The molecule has 0 aliphatic heterocycles. The summed E-state index contributed by atoms with van der Waals surface area (Å²) >= 11 is 0. The van der Waals surface area contributed by atoms with Crippen molar-refractivity contribution in [2.24, 2.45) is 0 Å². The molecule has 0 aliphatic carbocycles. The third kappa shape index (κ3) is 3.04. The Kier molecular flexibility index (Phi) is 4.00. The summed E-state index contributed by atoms with van der Waals surface area (Å²) in [5, 5.41) is 19.8. The summed E-state index contributed by atoms with van der Waals surface area (Å²) < 4.78 is 0. The Morgan fingerprint density at radius 1 is 1.39 bits per heavy atom. The lowest BCUT2D eigenvalue weighted by molar-refractivity contribution is -0.141. The number of aromatic amines is 2. The smallest absolute Gasteiger partial charge is 0.328 e. The van der Waals surface area contributed by atoms with Crippen molar-refractivity contribution in [3.8, 4) is 0 Å². The van der Waals surface area contributed by atoms with Gasteiger partial charge in [-0.2, -0.15) is 0 Å². The van der Waals surface area contributed by atoms with Crippen LogP contribution in [0.15, 0.2) is 15.8 Å². The van der Waals surface area contributed by atoms with Crippen molar-refractivity contribution in [2.45, 2.75) is 19.1 Å². The first-order valence-electron chi connectivity index (χ1n) is 4.86. The number of carboxylic acids is 1. The first-order valence-corrected chi connectivity index (χ1v) is 4.86. The van der Waals surface area contributed by atoms with Gasteiger partial charge in [-0.05, 0) is 6.92 Å². The average molecular weight is 257 g/mol. The summed E-state index contributed by atoms with van der Waals surface area (Å²) in [6.07, 6.45) is -0.481. The van der Waals surface area contributed by atoms with Crippen molar-refractivity contribution in [1.82, 2.24) is 15.3 Å². The van der Waals surface area contributed by atoms with Crippen LogP contribution in [-0.2, 0) is 4.79 Å². The molecule has 5 N–H and O–H groups in total. The van der Waals surface area contributed by atoms with Gasteiger partial charge in [0.25, 0.3) is 11.5 Å². The summed E-state index contributed by atoms with van der Waals surface area (Å²) in [6.45, 7) is 1.18. The van der Waals surface area contributed by atoms with Gasteiger partial charge < -0.3 is 20.5 Å². The first kappa shape index (κ1) is 13.6. The van der Waals surface area contributed by atoms with Crippen LogP contribution in [-0.4, -0.2) is 44.2 Å². The number of hydrogen-bond acceptors (Lipinski definition) is 5. The van der Waals surface area contributed by atoms with E-state index in [1.807, 2.05) is 10.3 Å². The maximum absolute atomic E-state index is 11.6. The molecule has 0 spiro atoms. The third-order valence-electron chi connectivity index (χ3n) is 2.10. The average Bonchev–Trinajstić information content (AvgIpc) is 2.24. The minimum absolute atomic E-state index is 0.457. The van der Waals surface area contributed by atoms with Gasteiger partial charge in [0.1, 0.15) is 5.56 Å². The van der Waals surface area contributed by atoms with Crippen molar-refractivity contribution in [3.63, 3.8) is 0 Å². The lowest BCUT2D eigenvalue weighted by Crippen LogP contribution is -2.49. The fraction of sp³-hybridized carbons (Fsp3) is 0.333. The topological polar surface area (TPSA) is 152 Å². The lowest BCUT2D eigenvalue weighted by atomic mass is 10.1. The highest BCUT2D eigenvalue weighted by atomic mass is 16.4. The predicted molar refractivity (Wildman–Crippen MR) is 58.3 cm³/mol. The fourth-order valence-corrected chi connectivity index (χ4v) is 1.19. The molecule has 0 saturated carbocycles. The largest absolute Gasteiger partial charge is 0.480 e. The Hall–Kier alpha value is -2.42. The van der Waals surface area contributed by atoms with Crippen LogP contribution in [0.25, 0.3) is 0 Å². The number of carboxylic acid groups (broad SMARTS) is 1. The number of hydrogen-bond donors (Lipinski definition) is 5. The maximum atomic E-state index is 11.6. The SMILES string of the molecule is C[C@@H](O)[C@H](NC(=O)c1c[nH]c(=O)[nH]c1=O)C(=O)O. The molecule has 9 nitrogen and oxygen atoms in total. The zero-order valence-electron chi connectivity index (χ0n) is 9.26. The molecule has 0 fully saturated rings. The van der Waals surface area contributed by atoms with Crippen molar-refractivity contribution >= 4 is 11.9 Å². The quantitative estimate of drug-likeness (QED) is 0.406. The van der Waals surface area contributed by atoms with Gasteiger partial charge in [-0.25, -0.2) is 9.59 Å². The van der Waals surface area contributed by atoms with Gasteiger partial charge >= 0.3 is 11.7 Å². The number of aliphatic hydroxyl groups is 1. The van der Waals surface area contributed by atoms with E-state index in [-0.39, 0.29) is 0 Å². The summed E-state index contributed by atoms with van der Waals surface area (Å²) in [7, 11) is 0. The molecule has 0 aliphatic rings. The van der Waals surface area contributed by atoms with Gasteiger partial charge in [-0.3, -0.25) is 14.6 Å². The maximum Gasteiger partial charge on any atom is 0.328 e. The van der Waals surface area contributed by atoms with Gasteiger partial charge in [0, 0.05) is 6.20 Å². The van der Waals surface area contributed by atoms with Crippen LogP contribution in [0.5, 0.6) is 0 Å². The van der Waals surface area contributed by atoms with E-state index in [2.05, 4.69) is 4.98 Å². The molecular weight excluding hydrogens is 246 g/mol. The van der Waals surface area contributed by atoms with E-state index in [0.717, 1.165) is 6.20 Å². The van der Waals surface area contributed by atoms with E-state index in [1.54, 1.807) is 0 Å². The van der Waals surface area contributed by atoms with Crippen LogP contribution in [0, 0.1) is 0 Å². The minimum atomic E-state index is -1.55. The molecule has 1 aromatic heterocycles.